The second kappa shape index (κ2) is 11.2. The number of nitrogens with zero attached hydrogens (tertiary/aromatic N) is 3. The lowest BCUT2D eigenvalue weighted by molar-refractivity contribution is -0.120. The Morgan fingerprint density at radius 3 is 2.43 bits per heavy atom. The molecule has 0 aliphatic carbocycles. The predicted molar refractivity (Wildman–Crippen MR) is 140 cm³/mol. The van der Waals surface area contributed by atoms with Gasteiger partial charge in [-0.05, 0) is 55.7 Å². The fraction of sp³-hybridized carbons (Fsp3) is 0.250. The number of aryl methyl sites for hydroxylation is 2. The summed E-state index contributed by atoms with van der Waals surface area (Å²) >= 11 is 1.42. The number of rotatable bonds is 9. The normalized spacial score (nSPS) is 11.8. The first-order chi connectivity index (χ1) is 16.9. The lowest BCUT2D eigenvalue weighted by atomic mass is 10.1. The lowest BCUT2D eigenvalue weighted by Gasteiger charge is -2.16. The highest BCUT2D eigenvalue weighted by Crippen LogP contribution is 2.29. The standard InChI is InChI=1S/C28H30N4O2S/c1-19-10-15-25(20(2)16-19)32-26(17-22-8-6-5-7-9-22)30-31-28(32)35-21(3)27(33)29-18-23-11-13-24(34-4)14-12-23/h5-16,21H,17-18H2,1-4H3,(H,29,33). The molecule has 1 heterocycles. The molecule has 4 rings (SSSR count). The predicted octanol–water partition coefficient (Wildman–Crippen LogP) is 5.28. The minimum atomic E-state index is -0.341. The van der Waals surface area contributed by atoms with Crippen LogP contribution in [0, 0.1) is 13.8 Å². The third kappa shape index (κ3) is 6.11. The molecule has 4 aromatic rings. The van der Waals surface area contributed by atoms with Crippen molar-refractivity contribution in [1.82, 2.24) is 20.1 Å². The SMILES string of the molecule is COc1ccc(CNC(=O)C(C)Sc2nnc(Cc3ccccc3)n2-c2ccc(C)cc2C)cc1. The second-order valence-electron chi connectivity index (χ2n) is 8.51. The highest BCUT2D eigenvalue weighted by Gasteiger charge is 2.22. The van der Waals surface area contributed by atoms with E-state index in [0.717, 1.165) is 34.0 Å². The maximum absolute atomic E-state index is 12.9. The van der Waals surface area contributed by atoms with E-state index in [1.807, 2.05) is 49.4 Å². The summed E-state index contributed by atoms with van der Waals surface area (Å²) in [7, 11) is 1.64. The molecule has 6 nitrogen and oxygen atoms in total. The van der Waals surface area contributed by atoms with Crippen LogP contribution in [0.1, 0.15) is 35.0 Å². The topological polar surface area (TPSA) is 69.0 Å². The van der Waals surface area contributed by atoms with E-state index in [2.05, 4.69) is 64.3 Å². The van der Waals surface area contributed by atoms with Crippen LogP contribution in [0.4, 0.5) is 0 Å². The second-order valence-corrected chi connectivity index (χ2v) is 9.82. The van der Waals surface area contributed by atoms with Crippen molar-refractivity contribution >= 4 is 17.7 Å². The van der Waals surface area contributed by atoms with Crippen LogP contribution in [0.2, 0.25) is 0 Å². The summed E-state index contributed by atoms with van der Waals surface area (Å²) < 4.78 is 7.28. The summed E-state index contributed by atoms with van der Waals surface area (Å²) in [6.45, 7) is 6.52. The zero-order valence-electron chi connectivity index (χ0n) is 20.5. The van der Waals surface area contributed by atoms with Crippen molar-refractivity contribution in [1.29, 1.82) is 0 Å². The van der Waals surface area contributed by atoms with E-state index in [1.54, 1.807) is 7.11 Å². The molecule has 7 heteroatoms. The summed E-state index contributed by atoms with van der Waals surface area (Å²) in [6.07, 6.45) is 0.653. The molecule has 180 valence electrons. The van der Waals surface area contributed by atoms with Gasteiger partial charge in [-0.3, -0.25) is 9.36 Å². The number of hydrogen-bond donors (Lipinski definition) is 1. The Bertz CT molecular complexity index is 1290. The van der Waals surface area contributed by atoms with E-state index in [4.69, 9.17) is 4.74 Å². The van der Waals surface area contributed by atoms with Gasteiger partial charge in [-0.25, -0.2) is 0 Å². The van der Waals surface area contributed by atoms with Crippen molar-refractivity contribution in [3.63, 3.8) is 0 Å². The van der Waals surface area contributed by atoms with Gasteiger partial charge in [-0.1, -0.05) is 71.9 Å². The molecule has 1 atom stereocenters. The summed E-state index contributed by atoms with van der Waals surface area (Å²) in [5, 5.41) is 12.4. The summed E-state index contributed by atoms with van der Waals surface area (Å²) in [6, 6.07) is 24.2. The molecule has 0 aliphatic rings. The van der Waals surface area contributed by atoms with Crippen LogP contribution in [0.15, 0.2) is 78.0 Å². The van der Waals surface area contributed by atoms with E-state index in [1.165, 1.54) is 17.3 Å². The first kappa shape index (κ1) is 24.5. The maximum atomic E-state index is 12.9. The fourth-order valence-electron chi connectivity index (χ4n) is 3.86. The van der Waals surface area contributed by atoms with Gasteiger partial charge in [0.05, 0.1) is 18.0 Å². The molecule has 0 bridgehead atoms. The molecule has 1 unspecified atom stereocenters. The van der Waals surface area contributed by atoms with Crippen LogP contribution < -0.4 is 10.1 Å². The molecular formula is C28H30N4O2S. The number of benzene rings is 3. The van der Waals surface area contributed by atoms with Crippen LogP contribution in [-0.4, -0.2) is 33.0 Å². The fourth-order valence-corrected chi connectivity index (χ4v) is 4.76. The van der Waals surface area contributed by atoms with Crippen molar-refractivity contribution in [2.24, 2.45) is 0 Å². The number of nitrogens with one attached hydrogen (secondary N) is 1. The summed E-state index contributed by atoms with van der Waals surface area (Å²) in [5.41, 5.74) is 5.54. The number of methoxy groups -OCH3 is 1. The molecule has 3 aromatic carbocycles. The van der Waals surface area contributed by atoms with Gasteiger partial charge in [0.25, 0.3) is 0 Å². The Hall–Kier alpha value is -3.58. The lowest BCUT2D eigenvalue weighted by Crippen LogP contribution is -2.30. The highest BCUT2D eigenvalue weighted by atomic mass is 32.2. The molecule has 1 N–H and O–H groups in total. The Morgan fingerprint density at radius 2 is 1.74 bits per heavy atom. The maximum Gasteiger partial charge on any atom is 0.233 e. The van der Waals surface area contributed by atoms with Gasteiger partial charge < -0.3 is 10.1 Å². The molecule has 0 saturated carbocycles. The minimum Gasteiger partial charge on any atom is -0.497 e. The molecule has 0 spiro atoms. The van der Waals surface area contributed by atoms with Gasteiger partial charge in [0, 0.05) is 13.0 Å². The molecule has 35 heavy (non-hydrogen) atoms. The van der Waals surface area contributed by atoms with Crippen molar-refractivity contribution in [3.8, 4) is 11.4 Å². The van der Waals surface area contributed by atoms with Gasteiger partial charge in [0.1, 0.15) is 11.6 Å². The van der Waals surface area contributed by atoms with Gasteiger partial charge in [-0.15, -0.1) is 10.2 Å². The Morgan fingerprint density at radius 1 is 1.00 bits per heavy atom. The first-order valence-electron chi connectivity index (χ1n) is 11.6. The number of aromatic nitrogens is 3. The van der Waals surface area contributed by atoms with E-state index in [-0.39, 0.29) is 11.2 Å². The van der Waals surface area contributed by atoms with Crippen molar-refractivity contribution < 1.29 is 9.53 Å². The smallest absolute Gasteiger partial charge is 0.233 e. The molecule has 0 radical (unpaired) electrons. The van der Waals surface area contributed by atoms with Crippen molar-refractivity contribution in [2.75, 3.05) is 7.11 Å². The Kier molecular flexibility index (Phi) is 7.87. The van der Waals surface area contributed by atoms with E-state index >= 15 is 0 Å². The van der Waals surface area contributed by atoms with Gasteiger partial charge in [0.2, 0.25) is 5.91 Å². The zero-order chi connectivity index (χ0) is 24.8. The van der Waals surface area contributed by atoms with Crippen LogP contribution in [-0.2, 0) is 17.8 Å². The number of hydrogen-bond acceptors (Lipinski definition) is 5. The van der Waals surface area contributed by atoms with Gasteiger partial charge >= 0.3 is 0 Å². The molecule has 0 aliphatic heterocycles. The van der Waals surface area contributed by atoms with E-state index in [0.29, 0.717) is 18.1 Å². The third-order valence-electron chi connectivity index (χ3n) is 5.78. The van der Waals surface area contributed by atoms with Gasteiger partial charge in [0.15, 0.2) is 5.16 Å². The van der Waals surface area contributed by atoms with Crippen molar-refractivity contribution in [2.45, 2.75) is 44.1 Å². The monoisotopic (exact) mass is 486 g/mol. The van der Waals surface area contributed by atoms with E-state index < -0.39 is 0 Å². The number of thioether (sulfide) groups is 1. The average Bonchev–Trinajstić information content (AvgIpc) is 3.24. The largest absolute Gasteiger partial charge is 0.497 e. The number of carbonyl (C=O) groups is 1. The molecule has 1 amide bonds. The van der Waals surface area contributed by atoms with Crippen LogP contribution >= 0.6 is 11.8 Å². The summed E-state index contributed by atoms with van der Waals surface area (Å²) in [5.74, 6) is 1.59. The Labute approximate surface area is 210 Å². The zero-order valence-corrected chi connectivity index (χ0v) is 21.3. The number of ether oxygens (including phenoxy) is 1. The van der Waals surface area contributed by atoms with Crippen LogP contribution in [0.25, 0.3) is 5.69 Å². The average molecular weight is 487 g/mol. The quantitative estimate of drug-likeness (QED) is 0.326. The molecule has 0 fully saturated rings. The Balaban J connectivity index is 1.54. The number of amides is 1. The molecular weight excluding hydrogens is 456 g/mol. The van der Waals surface area contributed by atoms with Crippen molar-refractivity contribution in [3.05, 3.63) is 101 Å². The molecule has 0 saturated heterocycles. The van der Waals surface area contributed by atoms with Gasteiger partial charge in [-0.2, -0.15) is 0 Å². The number of carbonyl (C=O) groups excluding carboxylic acids is 1. The van der Waals surface area contributed by atoms with Crippen LogP contribution in [0.5, 0.6) is 5.75 Å². The first-order valence-corrected chi connectivity index (χ1v) is 12.5. The minimum absolute atomic E-state index is 0.0504. The highest BCUT2D eigenvalue weighted by molar-refractivity contribution is 8.00. The van der Waals surface area contributed by atoms with E-state index in [9.17, 15) is 4.79 Å². The third-order valence-corrected chi connectivity index (χ3v) is 6.82. The summed E-state index contributed by atoms with van der Waals surface area (Å²) in [4.78, 5) is 12.9. The molecule has 1 aromatic heterocycles. The van der Waals surface area contributed by atoms with Crippen LogP contribution in [0.3, 0.4) is 0 Å².